The Labute approximate surface area is 139 Å². The van der Waals surface area contributed by atoms with Crippen LogP contribution in [0.4, 0.5) is 11.8 Å². The van der Waals surface area contributed by atoms with Gasteiger partial charge in [0.05, 0.1) is 11.6 Å². The predicted molar refractivity (Wildman–Crippen MR) is 90.6 cm³/mol. The van der Waals surface area contributed by atoms with Gasteiger partial charge in [-0.15, -0.1) is 10.2 Å². The number of rotatable bonds is 3. The van der Waals surface area contributed by atoms with E-state index in [1.165, 1.54) is 0 Å². The minimum absolute atomic E-state index is 0.327. The topological polar surface area (TPSA) is 104 Å². The Morgan fingerprint density at radius 2 is 2.21 bits per heavy atom. The van der Waals surface area contributed by atoms with Gasteiger partial charge in [-0.2, -0.15) is 15.1 Å². The molecule has 0 saturated carbocycles. The van der Waals surface area contributed by atoms with E-state index >= 15 is 0 Å². The van der Waals surface area contributed by atoms with Crippen molar-refractivity contribution in [3.05, 3.63) is 18.3 Å². The third-order valence-electron chi connectivity index (χ3n) is 4.67. The molecule has 3 aromatic heterocycles. The van der Waals surface area contributed by atoms with Crippen molar-refractivity contribution in [1.82, 2.24) is 34.5 Å². The average Bonchev–Trinajstić information content (AvgIpc) is 3.22. The Bertz CT molecular complexity index is 865. The molecule has 1 fully saturated rings. The van der Waals surface area contributed by atoms with Crippen LogP contribution in [0.25, 0.3) is 11.0 Å². The van der Waals surface area contributed by atoms with Crippen LogP contribution in [0.1, 0.15) is 31.5 Å². The van der Waals surface area contributed by atoms with Gasteiger partial charge in [-0.25, -0.2) is 0 Å². The summed E-state index contributed by atoms with van der Waals surface area (Å²) < 4.78 is 3.83. The first kappa shape index (κ1) is 14.9. The SMILES string of the molecule is CCn1cnnc1[C@H]1CCCN(c2nc(N)c3cnn(C)c3n2)C1. The number of hydrogen-bond acceptors (Lipinski definition) is 7. The predicted octanol–water partition coefficient (Wildman–Crippen LogP) is 0.941. The molecule has 4 heterocycles. The van der Waals surface area contributed by atoms with Gasteiger partial charge < -0.3 is 15.2 Å². The van der Waals surface area contributed by atoms with Crippen molar-refractivity contribution in [3.8, 4) is 0 Å². The number of piperidine rings is 1. The fourth-order valence-corrected chi connectivity index (χ4v) is 3.37. The molecule has 1 saturated heterocycles. The molecule has 1 atom stereocenters. The molecule has 2 N–H and O–H groups in total. The van der Waals surface area contributed by atoms with Crippen molar-refractivity contribution < 1.29 is 0 Å². The molecule has 1 aliphatic rings. The van der Waals surface area contributed by atoms with E-state index in [9.17, 15) is 0 Å². The van der Waals surface area contributed by atoms with Crippen LogP contribution < -0.4 is 10.6 Å². The highest BCUT2D eigenvalue weighted by atomic mass is 15.3. The molecule has 0 bridgehead atoms. The molecule has 24 heavy (non-hydrogen) atoms. The van der Waals surface area contributed by atoms with Crippen molar-refractivity contribution in [2.75, 3.05) is 23.7 Å². The zero-order valence-electron chi connectivity index (χ0n) is 13.9. The molecule has 1 aliphatic heterocycles. The Hall–Kier alpha value is -2.71. The lowest BCUT2D eigenvalue weighted by molar-refractivity contribution is 0.469. The van der Waals surface area contributed by atoms with E-state index in [0.29, 0.717) is 17.7 Å². The van der Waals surface area contributed by atoms with Crippen LogP contribution in [-0.2, 0) is 13.6 Å². The molecule has 4 rings (SSSR count). The van der Waals surface area contributed by atoms with E-state index in [2.05, 4.69) is 41.7 Å². The summed E-state index contributed by atoms with van der Waals surface area (Å²) in [4.78, 5) is 11.3. The van der Waals surface area contributed by atoms with Gasteiger partial charge in [0.2, 0.25) is 5.95 Å². The average molecular weight is 327 g/mol. The van der Waals surface area contributed by atoms with E-state index in [-0.39, 0.29) is 0 Å². The minimum atomic E-state index is 0.327. The van der Waals surface area contributed by atoms with Crippen molar-refractivity contribution in [2.45, 2.75) is 32.2 Å². The maximum absolute atomic E-state index is 6.09. The number of anilines is 2. The van der Waals surface area contributed by atoms with Gasteiger partial charge in [0, 0.05) is 32.6 Å². The molecular weight excluding hydrogens is 306 g/mol. The van der Waals surface area contributed by atoms with Gasteiger partial charge in [0.25, 0.3) is 0 Å². The molecule has 3 aromatic rings. The van der Waals surface area contributed by atoms with Crippen molar-refractivity contribution in [3.63, 3.8) is 0 Å². The molecule has 0 unspecified atom stereocenters. The van der Waals surface area contributed by atoms with E-state index in [1.54, 1.807) is 17.2 Å². The van der Waals surface area contributed by atoms with Gasteiger partial charge in [-0.05, 0) is 19.8 Å². The summed E-state index contributed by atoms with van der Waals surface area (Å²) in [5, 5.41) is 13.4. The van der Waals surface area contributed by atoms with Gasteiger partial charge >= 0.3 is 0 Å². The fraction of sp³-hybridized carbons (Fsp3) is 0.533. The molecule has 0 amide bonds. The van der Waals surface area contributed by atoms with Gasteiger partial charge in [0.15, 0.2) is 5.65 Å². The first-order valence-electron chi connectivity index (χ1n) is 8.25. The molecule has 0 spiro atoms. The second kappa shape index (κ2) is 5.73. The standard InChI is InChI=1S/C15H21N9/c1-3-23-9-17-21-13(23)10-5-4-6-24(8-10)15-19-12(16)11-7-18-22(2)14(11)20-15/h7,9-10H,3-6,8H2,1-2H3,(H2,16,19,20)/t10-/m0/s1. The highest BCUT2D eigenvalue weighted by Crippen LogP contribution is 2.29. The number of nitrogen functional groups attached to an aromatic ring is 1. The van der Waals surface area contributed by atoms with Crippen molar-refractivity contribution in [2.24, 2.45) is 7.05 Å². The smallest absolute Gasteiger partial charge is 0.229 e. The Balaban J connectivity index is 1.66. The van der Waals surface area contributed by atoms with Gasteiger partial charge in [-0.1, -0.05) is 0 Å². The molecule has 0 aliphatic carbocycles. The van der Waals surface area contributed by atoms with Crippen LogP contribution in [0.5, 0.6) is 0 Å². The quantitative estimate of drug-likeness (QED) is 0.763. The number of hydrogen-bond donors (Lipinski definition) is 1. The van der Waals surface area contributed by atoms with Crippen LogP contribution >= 0.6 is 0 Å². The van der Waals surface area contributed by atoms with E-state index in [0.717, 1.165) is 49.3 Å². The summed E-state index contributed by atoms with van der Waals surface area (Å²) in [5.41, 5.74) is 6.85. The first-order chi connectivity index (χ1) is 11.7. The normalized spacial score (nSPS) is 18.4. The number of aryl methyl sites for hydroxylation is 2. The second-order valence-corrected chi connectivity index (χ2v) is 6.17. The lowest BCUT2D eigenvalue weighted by atomic mass is 9.97. The fourth-order valence-electron chi connectivity index (χ4n) is 3.37. The highest BCUT2D eigenvalue weighted by molar-refractivity contribution is 5.86. The number of fused-ring (bicyclic) bond motifs is 1. The van der Waals surface area contributed by atoms with Crippen LogP contribution in [0, 0.1) is 0 Å². The van der Waals surface area contributed by atoms with Crippen LogP contribution in [-0.4, -0.2) is 47.6 Å². The number of nitrogens with two attached hydrogens (primary N) is 1. The highest BCUT2D eigenvalue weighted by Gasteiger charge is 2.27. The van der Waals surface area contributed by atoms with Crippen molar-refractivity contribution in [1.29, 1.82) is 0 Å². The third kappa shape index (κ3) is 2.36. The maximum Gasteiger partial charge on any atom is 0.229 e. The summed E-state index contributed by atoms with van der Waals surface area (Å²) in [5.74, 6) is 2.50. The molecule has 0 aromatic carbocycles. The first-order valence-corrected chi connectivity index (χ1v) is 8.25. The lowest BCUT2D eigenvalue weighted by Gasteiger charge is -2.32. The monoisotopic (exact) mass is 327 g/mol. The lowest BCUT2D eigenvalue weighted by Crippen LogP contribution is -2.36. The Kier molecular flexibility index (Phi) is 3.55. The molecular formula is C15H21N9. The summed E-state index contributed by atoms with van der Waals surface area (Å²) >= 11 is 0. The summed E-state index contributed by atoms with van der Waals surface area (Å²) in [6.45, 7) is 4.72. The van der Waals surface area contributed by atoms with E-state index in [1.807, 2.05) is 7.05 Å². The minimum Gasteiger partial charge on any atom is -0.383 e. The van der Waals surface area contributed by atoms with Crippen molar-refractivity contribution >= 4 is 22.8 Å². The third-order valence-corrected chi connectivity index (χ3v) is 4.67. The van der Waals surface area contributed by atoms with Gasteiger partial charge in [-0.3, -0.25) is 4.68 Å². The second-order valence-electron chi connectivity index (χ2n) is 6.17. The summed E-state index contributed by atoms with van der Waals surface area (Å²) in [6, 6.07) is 0. The summed E-state index contributed by atoms with van der Waals surface area (Å²) in [6.07, 6.45) is 5.66. The Morgan fingerprint density at radius 1 is 1.33 bits per heavy atom. The maximum atomic E-state index is 6.09. The summed E-state index contributed by atoms with van der Waals surface area (Å²) in [7, 11) is 1.86. The number of aromatic nitrogens is 7. The Morgan fingerprint density at radius 3 is 3.04 bits per heavy atom. The molecule has 0 radical (unpaired) electrons. The molecule has 9 nitrogen and oxygen atoms in total. The number of nitrogens with zero attached hydrogens (tertiary/aromatic N) is 8. The van der Waals surface area contributed by atoms with E-state index < -0.39 is 0 Å². The van der Waals surface area contributed by atoms with Crippen LogP contribution in [0.2, 0.25) is 0 Å². The molecule has 9 heteroatoms. The zero-order chi connectivity index (χ0) is 16.7. The zero-order valence-corrected chi connectivity index (χ0v) is 13.9. The largest absolute Gasteiger partial charge is 0.383 e. The van der Waals surface area contributed by atoms with Gasteiger partial charge in [0.1, 0.15) is 18.0 Å². The van der Waals surface area contributed by atoms with Crippen LogP contribution in [0.15, 0.2) is 12.5 Å². The molecule has 126 valence electrons. The van der Waals surface area contributed by atoms with Crippen LogP contribution in [0.3, 0.4) is 0 Å². The van der Waals surface area contributed by atoms with E-state index in [4.69, 9.17) is 5.73 Å².